The summed E-state index contributed by atoms with van der Waals surface area (Å²) in [5, 5.41) is 11.3. The molecule has 1 unspecified atom stereocenters. The van der Waals surface area contributed by atoms with Gasteiger partial charge in [0.15, 0.2) is 5.78 Å². The van der Waals surface area contributed by atoms with Crippen molar-refractivity contribution in [2.45, 2.75) is 6.10 Å². The SMILES string of the molecule is Clc1ccc(Oc2ccc(Cl)cc2)cc1.O=C(c1ccccc1)C(O)c1ccccc1. The molecule has 0 heterocycles. The van der Waals surface area contributed by atoms with Crippen LogP contribution < -0.4 is 4.74 Å². The maximum absolute atomic E-state index is 11.9. The fourth-order valence-corrected chi connectivity index (χ4v) is 2.94. The molecule has 0 saturated carbocycles. The predicted molar refractivity (Wildman–Crippen MR) is 125 cm³/mol. The van der Waals surface area contributed by atoms with Crippen molar-refractivity contribution in [3.63, 3.8) is 0 Å². The van der Waals surface area contributed by atoms with E-state index in [0.29, 0.717) is 21.2 Å². The van der Waals surface area contributed by atoms with Gasteiger partial charge in [0, 0.05) is 15.6 Å². The number of hydrogen-bond acceptors (Lipinski definition) is 3. The third kappa shape index (κ3) is 6.97. The van der Waals surface area contributed by atoms with Gasteiger partial charge >= 0.3 is 0 Å². The molecule has 0 bridgehead atoms. The van der Waals surface area contributed by atoms with Gasteiger partial charge in [-0.2, -0.15) is 0 Å². The van der Waals surface area contributed by atoms with E-state index in [2.05, 4.69) is 0 Å². The van der Waals surface area contributed by atoms with Crippen LogP contribution in [0.3, 0.4) is 0 Å². The summed E-state index contributed by atoms with van der Waals surface area (Å²) in [5.41, 5.74) is 1.15. The second-order valence-electron chi connectivity index (χ2n) is 6.55. The van der Waals surface area contributed by atoms with E-state index >= 15 is 0 Å². The Labute approximate surface area is 191 Å². The largest absolute Gasteiger partial charge is 0.457 e. The van der Waals surface area contributed by atoms with Gasteiger partial charge in [-0.05, 0) is 54.1 Å². The molecule has 0 spiro atoms. The summed E-state index contributed by atoms with van der Waals surface area (Å²) in [7, 11) is 0. The highest BCUT2D eigenvalue weighted by Crippen LogP contribution is 2.24. The fourth-order valence-electron chi connectivity index (χ4n) is 2.69. The van der Waals surface area contributed by atoms with Crippen molar-refractivity contribution in [1.82, 2.24) is 0 Å². The number of Topliss-reactive ketones (excluding diaryl/α,β-unsaturated/α-hetero) is 1. The van der Waals surface area contributed by atoms with Gasteiger partial charge in [0.05, 0.1) is 0 Å². The molecule has 1 atom stereocenters. The number of benzene rings is 4. The third-order valence-corrected chi connectivity index (χ3v) is 4.79. The average molecular weight is 451 g/mol. The first-order chi connectivity index (χ1) is 15.0. The summed E-state index contributed by atoms with van der Waals surface area (Å²) in [6, 6.07) is 32.2. The van der Waals surface area contributed by atoms with Crippen LogP contribution in [-0.2, 0) is 0 Å². The number of ether oxygens (including phenoxy) is 1. The third-order valence-electron chi connectivity index (χ3n) is 4.28. The van der Waals surface area contributed by atoms with E-state index in [1.807, 2.05) is 36.4 Å². The molecule has 0 amide bonds. The minimum absolute atomic E-state index is 0.271. The van der Waals surface area contributed by atoms with Crippen LogP contribution in [0.4, 0.5) is 0 Å². The highest BCUT2D eigenvalue weighted by molar-refractivity contribution is 6.30. The minimum Gasteiger partial charge on any atom is -0.457 e. The van der Waals surface area contributed by atoms with Gasteiger partial charge in [0.25, 0.3) is 0 Å². The summed E-state index contributed by atoms with van der Waals surface area (Å²) in [4.78, 5) is 11.9. The molecule has 1 N–H and O–H groups in total. The van der Waals surface area contributed by atoms with Crippen LogP contribution in [0.2, 0.25) is 10.0 Å². The van der Waals surface area contributed by atoms with Crippen LogP contribution in [0.1, 0.15) is 22.0 Å². The number of aliphatic hydroxyl groups excluding tert-OH is 1. The van der Waals surface area contributed by atoms with E-state index in [0.717, 1.165) is 11.5 Å². The average Bonchev–Trinajstić information content (AvgIpc) is 2.82. The molecule has 0 aromatic heterocycles. The van der Waals surface area contributed by atoms with Crippen LogP contribution >= 0.6 is 23.2 Å². The van der Waals surface area contributed by atoms with Gasteiger partial charge in [0.1, 0.15) is 17.6 Å². The second kappa shape index (κ2) is 11.3. The Balaban J connectivity index is 0.000000176. The summed E-state index contributed by atoms with van der Waals surface area (Å²) in [6.07, 6.45) is -1.08. The number of halogens is 2. The standard InChI is InChI=1S/C14H12O2.C12H8Cl2O/c15-13(11-7-3-1-4-8-11)14(16)12-9-5-2-6-10-12;13-9-1-5-11(6-2-9)15-12-7-3-10(14)4-8-12/h1-10,13,15H;1-8H. The number of hydrogen-bond donors (Lipinski definition) is 1. The Hall–Kier alpha value is -3.11. The quantitative estimate of drug-likeness (QED) is 0.322. The number of carbonyl (C=O) groups is 1. The van der Waals surface area contributed by atoms with E-state index in [1.165, 1.54) is 0 Å². The normalized spacial score (nSPS) is 11.1. The minimum atomic E-state index is -1.08. The van der Waals surface area contributed by atoms with E-state index in [9.17, 15) is 9.90 Å². The summed E-state index contributed by atoms with van der Waals surface area (Å²) >= 11 is 11.5. The van der Waals surface area contributed by atoms with Gasteiger partial charge in [-0.15, -0.1) is 0 Å². The molecule has 4 aromatic rings. The zero-order chi connectivity index (χ0) is 22.1. The summed E-state index contributed by atoms with van der Waals surface area (Å²) < 4.78 is 5.57. The lowest BCUT2D eigenvalue weighted by Gasteiger charge is -2.09. The zero-order valence-corrected chi connectivity index (χ0v) is 18.0. The van der Waals surface area contributed by atoms with Crippen molar-refractivity contribution in [3.05, 3.63) is 130 Å². The topological polar surface area (TPSA) is 46.5 Å². The monoisotopic (exact) mass is 450 g/mol. The maximum Gasteiger partial charge on any atom is 0.195 e. The van der Waals surface area contributed by atoms with Crippen LogP contribution in [0.5, 0.6) is 11.5 Å². The molecule has 0 radical (unpaired) electrons. The molecule has 0 aliphatic heterocycles. The Morgan fingerprint density at radius 2 is 1.06 bits per heavy atom. The lowest BCUT2D eigenvalue weighted by molar-refractivity contribution is 0.0747. The lowest BCUT2D eigenvalue weighted by Crippen LogP contribution is -2.11. The van der Waals surface area contributed by atoms with Crippen LogP contribution in [0.15, 0.2) is 109 Å². The number of ketones is 1. The van der Waals surface area contributed by atoms with E-state index < -0.39 is 6.10 Å². The maximum atomic E-state index is 11.9. The van der Waals surface area contributed by atoms with Gasteiger partial charge < -0.3 is 9.84 Å². The summed E-state index contributed by atoms with van der Waals surface area (Å²) in [6.45, 7) is 0. The highest BCUT2D eigenvalue weighted by Gasteiger charge is 2.18. The molecule has 0 aliphatic carbocycles. The smallest absolute Gasteiger partial charge is 0.195 e. The Bertz CT molecular complexity index is 1040. The molecule has 0 aliphatic rings. The Kier molecular flexibility index (Phi) is 8.25. The van der Waals surface area contributed by atoms with Crippen LogP contribution in [0.25, 0.3) is 0 Å². The van der Waals surface area contributed by atoms with Crippen molar-refractivity contribution in [2.24, 2.45) is 0 Å². The highest BCUT2D eigenvalue weighted by atomic mass is 35.5. The lowest BCUT2D eigenvalue weighted by atomic mass is 10.0. The molecule has 0 fully saturated rings. The second-order valence-corrected chi connectivity index (χ2v) is 7.43. The van der Waals surface area contributed by atoms with E-state index in [1.54, 1.807) is 72.8 Å². The summed E-state index contributed by atoms with van der Waals surface area (Å²) in [5.74, 6) is 1.23. The molecular weight excluding hydrogens is 431 g/mol. The zero-order valence-electron chi connectivity index (χ0n) is 16.5. The number of rotatable bonds is 5. The molecule has 156 valence electrons. The molecule has 4 rings (SSSR count). The molecule has 5 heteroatoms. The Morgan fingerprint density at radius 1 is 0.645 bits per heavy atom. The van der Waals surface area contributed by atoms with Crippen molar-refractivity contribution in [3.8, 4) is 11.5 Å². The van der Waals surface area contributed by atoms with Gasteiger partial charge in [-0.1, -0.05) is 83.9 Å². The van der Waals surface area contributed by atoms with E-state index in [4.69, 9.17) is 27.9 Å². The first-order valence-corrected chi connectivity index (χ1v) is 10.3. The molecular formula is C26H20Cl2O3. The van der Waals surface area contributed by atoms with Crippen LogP contribution in [-0.4, -0.2) is 10.9 Å². The molecule has 31 heavy (non-hydrogen) atoms. The first-order valence-electron chi connectivity index (χ1n) is 9.54. The first kappa shape index (κ1) is 22.6. The van der Waals surface area contributed by atoms with Crippen LogP contribution in [0, 0.1) is 0 Å². The molecule has 3 nitrogen and oxygen atoms in total. The van der Waals surface area contributed by atoms with Gasteiger partial charge in [-0.3, -0.25) is 4.79 Å². The van der Waals surface area contributed by atoms with Gasteiger partial charge in [0.2, 0.25) is 0 Å². The van der Waals surface area contributed by atoms with Gasteiger partial charge in [-0.25, -0.2) is 0 Å². The number of carbonyl (C=O) groups excluding carboxylic acids is 1. The van der Waals surface area contributed by atoms with Crippen molar-refractivity contribution >= 4 is 29.0 Å². The molecule has 4 aromatic carbocycles. The van der Waals surface area contributed by atoms with Crippen molar-refractivity contribution in [1.29, 1.82) is 0 Å². The van der Waals surface area contributed by atoms with E-state index in [-0.39, 0.29) is 5.78 Å². The Morgan fingerprint density at radius 3 is 1.52 bits per heavy atom. The number of aliphatic hydroxyl groups is 1. The predicted octanol–water partition coefficient (Wildman–Crippen LogP) is 7.39. The fraction of sp³-hybridized carbons (Fsp3) is 0.0385. The molecule has 0 saturated heterocycles. The van der Waals surface area contributed by atoms with Crippen molar-refractivity contribution in [2.75, 3.05) is 0 Å². The van der Waals surface area contributed by atoms with Crippen molar-refractivity contribution < 1.29 is 14.6 Å².